The van der Waals surface area contributed by atoms with Gasteiger partial charge in [-0.1, -0.05) is 31.5 Å². The van der Waals surface area contributed by atoms with Gasteiger partial charge in [-0.2, -0.15) is 0 Å². The molecule has 2 rings (SSSR count). The lowest BCUT2D eigenvalue weighted by molar-refractivity contribution is -0.114. The summed E-state index contributed by atoms with van der Waals surface area (Å²) in [6.07, 6.45) is 4.07. The van der Waals surface area contributed by atoms with Gasteiger partial charge in [0.15, 0.2) is 0 Å². The fourth-order valence-electron chi connectivity index (χ4n) is 2.91. The zero-order valence-corrected chi connectivity index (χ0v) is 11.9. The second-order valence-electron chi connectivity index (χ2n) is 5.75. The first kappa shape index (κ1) is 14.1. The van der Waals surface area contributed by atoms with Gasteiger partial charge in [-0.3, -0.25) is 4.79 Å². The minimum absolute atomic E-state index is 0.0166. The molecule has 1 saturated carbocycles. The molecule has 1 aliphatic rings. The Balaban J connectivity index is 1.83. The van der Waals surface area contributed by atoms with Crippen LogP contribution >= 0.6 is 0 Å². The summed E-state index contributed by atoms with van der Waals surface area (Å²) < 4.78 is 0. The highest BCUT2D eigenvalue weighted by atomic mass is 16.1. The van der Waals surface area contributed by atoms with E-state index in [0.29, 0.717) is 0 Å². The molecule has 2 unspecified atom stereocenters. The highest BCUT2D eigenvalue weighted by molar-refractivity contribution is 5.89. The number of nitrogens with one attached hydrogen (secondary N) is 2. The monoisotopic (exact) mass is 260 g/mol. The second-order valence-corrected chi connectivity index (χ2v) is 5.75. The molecule has 104 valence electrons. The van der Waals surface area contributed by atoms with Crippen molar-refractivity contribution in [2.24, 2.45) is 11.8 Å². The largest absolute Gasteiger partial charge is 0.326 e. The zero-order valence-electron chi connectivity index (χ0n) is 11.9. The van der Waals surface area contributed by atoms with E-state index in [1.807, 2.05) is 18.2 Å². The Morgan fingerprint density at radius 2 is 2.11 bits per heavy atom. The van der Waals surface area contributed by atoms with E-state index in [1.165, 1.54) is 19.3 Å². The molecular formula is C16H24N2O. The van der Waals surface area contributed by atoms with Crippen molar-refractivity contribution in [3.8, 4) is 0 Å². The summed E-state index contributed by atoms with van der Waals surface area (Å²) in [5.74, 6) is 1.69. The van der Waals surface area contributed by atoms with Gasteiger partial charge in [0.2, 0.25) is 5.91 Å². The third-order valence-corrected chi connectivity index (χ3v) is 3.88. The van der Waals surface area contributed by atoms with E-state index in [1.54, 1.807) is 6.92 Å². The van der Waals surface area contributed by atoms with Crippen molar-refractivity contribution in [3.63, 3.8) is 0 Å². The summed E-state index contributed by atoms with van der Waals surface area (Å²) in [6.45, 7) is 5.79. The van der Waals surface area contributed by atoms with E-state index in [-0.39, 0.29) is 5.91 Å². The maximum Gasteiger partial charge on any atom is 0.221 e. The minimum atomic E-state index is -0.0166. The van der Waals surface area contributed by atoms with Crippen molar-refractivity contribution in [2.45, 2.75) is 39.7 Å². The number of carbonyl (C=O) groups excluding carboxylic acids is 1. The molecule has 3 nitrogen and oxygen atoms in total. The number of hydrogen-bond donors (Lipinski definition) is 2. The lowest BCUT2D eigenvalue weighted by Gasteiger charge is -2.13. The summed E-state index contributed by atoms with van der Waals surface area (Å²) in [7, 11) is 0. The highest BCUT2D eigenvalue weighted by Gasteiger charge is 2.20. The van der Waals surface area contributed by atoms with Crippen LogP contribution in [0.2, 0.25) is 0 Å². The van der Waals surface area contributed by atoms with Gasteiger partial charge in [0.1, 0.15) is 0 Å². The number of hydrogen-bond acceptors (Lipinski definition) is 2. The molecule has 1 aromatic carbocycles. The summed E-state index contributed by atoms with van der Waals surface area (Å²) in [5.41, 5.74) is 2.08. The maximum absolute atomic E-state index is 11.2. The van der Waals surface area contributed by atoms with Gasteiger partial charge in [0, 0.05) is 19.2 Å². The molecule has 1 aliphatic carbocycles. The molecule has 2 N–H and O–H groups in total. The molecule has 0 saturated heterocycles. The lowest BCUT2D eigenvalue weighted by Crippen LogP contribution is -2.22. The number of anilines is 1. The summed E-state index contributed by atoms with van der Waals surface area (Å²) in [4.78, 5) is 11.2. The predicted molar refractivity (Wildman–Crippen MR) is 79.0 cm³/mol. The Bertz CT molecular complexity index is 431. The van der Waals surface area contributed by atoms with Crippen LogP contribution in [0.15, 0.2) is 24.3 Å². The van der Waals surface area contributed by atoms with Gasteiger partial charge < -0.3 is 10.6 Å². The molecule has 1 fully saturated rings. The van der Waals surface area contributed by atoms with Crippen molar-refractivity contribution >= 4 is 11.6 Å². The molecule has 0 aliphatic heterocycles. The van der Waals surface area contributed by atoms with Crippen LogP contribution in [0, 0.1) is 11.8 Å². The van der Waals surface area contributed by atoms with Crippen LogP contribution in [0.3, 0.4) is 0 Å². The highest BCUT2D eigenvalue weighted by Crippen LogP contribution is 2.29. The van der Waals surface area contributed by atoms with Crippen LogP contribution in [0.4, 0.5) is 5.69 Å². The van der Waals surface area contributed by atoms with Gasteiger partial charge in [0.25, 0.3) is 0 Å². The third kappa shape index (κ3) is 4.35. The zero-order chi connectivity index (χ0) is 13.7. The van der Waals surface area contributed by atoms with Crippen LogP contribution in [-0.4, -0.2) is 12.5 Å². The van der Waals surface area contributed by atoms with Crippen LogP contribution in [0.1, 0.15) is 38.7 Å². The molecule has 0 heterocycles. The fourth-order valence-corrected chi connectivity index (χ4v) is 2.91. The quantitative estimate of drug-likeness (QED) is 0.853. The Morgan fingerprint density at radius 1 is 1.32 bits per heavy atom. The molecule has 19 heavy (non-hydrogen) atoms. The molecular weight excluding hydrogens is 236 g/mol. The Morgan fingerprint density at radius 3 is 2.79 bits per heavy atom. The number of benzene rings is 1. The first-order valence-electron chi connectivity index (χ1n) is 7.21. The van der Waals surface area contributed by atoms with Crippen molar-refractivity contribution < 1.29 is 4.79 Å². The molecule has 1 amide bonds. The van der Waals surface area contributed by atoms with E-state index >= 15 is 0 Å². The minimum Gasteiger partial charge on any atom is -0.326 e. The first-order valence-corrected chi connectivity index (χ1v) is 7.21. The van der Waals surface area contributed by atoms with Crippen molar-refractivity contribution in [1.29, 1.82) is 0 Å². The normalized spacial score (nSPS) is 22.4. The average molecular weight is 260 g/mol. The maximum atomic E-state index is 11.2. The molecule has 0 aromatic heterocycles. The smallest absolute Gasteiger partial charge is 0.221 e. The van der Waals surface area contributed by atoms with Crippen LogP contribution in [0.5, 0.6) is 0 Å². The molecule has 0 spiro atoms. The molecule has 3 heteroatoms. The Hall–Kier alpha value is -1.35. The lowest BCUT2D eigenvalue weighted by atomic mass is 10.1. The van der Waals surface area contributed by atoms with Crippen LogP contribution < -0.4 is 10.6 Å². The van der Waals surface area contributed by atoms with Gasteiger partial charge >= 0.3 is 0 Å². The second kappa shape index (κ2) is 6.71. The van der Waals surface area contributed by atoms with Crippen LogP contribution in [-0.2, 0) is 11.3 Å². The van der Waals surface area contributed by atoms with Gasteiger partial charge in [-0.05, 0) is 42.9 Å². The topological polar surface area (TPSA) is 41.1 Å². The van der Waals surface area contributed by atoms with Crippen LogP contribution in [0.25, 0.3) is 0 Å². The molecule has 0 radical (unpaired) electrons. The number of para-hydroxylation sites is 1. The van der Waals surface area contributed by atoms with E-state index in [9.17, 15) is 4.79 Å². The fraction of sp³-hybridized carbons (Fsp3) is 0.562. The number of amides is 1. The molecule has 2 atom stereocenters. The summed E-state index contributed by atoms with van der Waals surface area (Å²) in [5, 5.41) is 6.41. The van der Waals surface area contributed by atoms with E-state index in [4.69, 9.17) is 0 Å². The van der Waals surface area contributed by atoms with Gasteiger partial charge in [-0.25, -0.2) is 0 Å². The molecule has 0 bridgehead atoms. The number of rotatable bonds is 5. The standard InChI is InChI=1S/C16H24N2O/c1-12-7-8-14(9-12)10-17-11-15-5-3-4-6-16(15)18-13(2)19/h3-6,12,14,17H,7-11H2,1-2H3,(H,18,19). The Labute approximate surface area is 115 Å². The average Bonchev–Trinajstić information content (AvgIpc) is 2.77. The Kier molecular flexibility index (Phi) is 4.97. The van der Waals surface area contributed by atoms with Crippen molar-refractivity contribution in [2.75, 3.05) is 11.9 Å². The third-order valence-electron chi connectivity index (χ3n) is 3.88. The van der Waals surface area contributed by atoms with E-state index in [2.05, 4.69) is 23.6 Å². The summed E-state index contributed by atoms with van der Waals surface area (Å²) in [6, 6.07) is 7.99. The first-order chi connectivity index (χ1) is 9.15. The van der Waals surface area contributed by atoms with Crippen molar-refractivity contribution in [3.05, 3.63) is 29.8 Å². The molecule has 1 aromatic rings. The summed E-state index contributed by atoms with van der Waals surface area (Å²) >= 11 is 0. The van der Waals surface area contributed by atoms with E-state index in [0.717, 1.165) is 36.2 Å². The van der Waals surface area contributed by atoms with E-state index < -0.39 is 0 Å². The van der Waals surface area contributed by atoms with Gasteiger partial charge in [-0.15, -0.1) is 0 Å². The predicted octanol–water partition coefficient (Wildman–Crippen LogP) is 3.17. The van der Waals surface area contributed by atoms with Crippen molar-refractivity contribution in [1.82, 2.24) is 5.32 Å². The number of carbonyl (C=O) groups is 1. The SMILES string of the molecule is CC(=O)Nc1ccccc1CNCC1CCC(C)C1. The van der Waals surface area contributed by atoms with Gasteiger partial charge in [0.05, 0.1) is 0 Å².